The second-order valence-corrected chi connectivity index (χ2v) is 13.1. The number of ether oxygens (including phenoxy) is 1. The highest BCUT2D eigenvalue weighted by molar-refractivity contribution is 8.07. The minimum absolute atomic E-state index is 0.00791. The number of nitrogens with zero attached hydrogens (tertiary/aromatic N) is 1. The maximum atomic E-state index is 13.2. The number of aryl methyl sites for hydroxylation is 1. The lowest BCUT2D eigenvalue weighted by Crippen LogP contribution is -2.45. The Balaban J connectivity index is 1.81. The van der Waals surface area contributed by atoms with Gasteiger partial charge in [-0.1, -0.05) is 34.1 Å². The van der Waals surface area contributed by atoms with Crippen LogP contribution in [0.1, 0.15) is 77.4 Å². The van der Waals surface area contributed by atoms with Crippen LogP contribution in [0, 0.1) is 24.2 Å². The van der Waals surface area contributed by atoms with Crippen molar-refractivity contribution in [1.29, 1.82) is 0 Å². The number of thiazole rings is 1. The van der Waals surface area contributed by atoms with Gasteiger partial charge in [0.1, 0.15) is 11.9 Å². The summed E-state index contributed by atoms with van der Waals surface area (Å²) in [5.41, 5.74) is 0.615. The summed E-state index contributed by atoms with van der Waals surface area (Å²) in [4.78, 5) is 30.6. The Labute approximate surface area is 211 Å². The number of fused-ring (bicyclic) bond motifs is 1. The van der Waals surface area contributed by atoms with Gasteiger partial charge in [-0.25, -0.2) is 4.98 Å². The highest BCUT2D eigenvalue weighted by Gasteiger charge is 2.44. The van der Waals surface area contributed by atoms with E-state index in [9.17, 15) is 19.8 Å². The van der Waals surface area contributed by atoms with Crippen LogP contribution in [-0.4, -0.2) is 55.8 Å². The molecule has 1 aromatic heterocycles. The molecule has 0 radical (unpaired) electrons. The SMILES string of the molecule is CC(=Cc1csc(C)n1)[C@@H]1C[C@@H]2S[C@@H]2CCC[C@H](C)[C@H](O)[C@@H](C)C(=O)C(C)(C)[C@@H](O)CC(=O)O1. The molecule has 0 spiro atoms. The lowest BCUT2D eigenvalue weighted by atomic mass is 9.73. The van der Waals surface area contributed by atoms with Gasteiger partial charge in [-0.3, -0.25) is 9.59 Å². The molecule has 0 unspecified atom stereocenters. The predicted molar refractivity (Wildman–Crippen MR) is 138 cm³/mol. The Morgan fingerprint density at radius 3 is 2.56 bits per heavy atom. The Morgan fingerprint density at radius 1 is 1.21 bits per heavy atom. The Hall–Kier alpha value is -1.22. The van der Waals surface area contributed by atoms with Crippen molar-refractivity contribution in [3.63, 3.8) is 0 Å². The van der Waals surface area contributed by atoms with Crippen LogP contribution in [0.25, 0.3) is 6.08 Å². The monoisotopic (exact) mass is 509 g/mol. The summed E-state index contributed by atoms with van der Waals surface area (Å²) in [6, 6.07) is 0. The van der Waals surface area contributed by atoms with Crippen molar-refractivity contribution in [1.82, 2.24) is 4.98 Å². The van der Waals surface area contributed by atoms with Crippen LogP contribution >= 0.6 is 23.1 Å². The van der Waals surface area contributed by atoms with E-state index in [-0.39, 0.29) is 18.1 Å². The third-order valence-corrected chi connectivity index (χ3v) is 9.67. The second-order valence-electron chi connectivity index (χ2n) is 10.6. The average molecular weight is 510 g/mol. The van der Waals surface area contributed by atoms with Gasteiger partial charge < -0.3 is 14.9 Å². The van der Waals surface area contributed by atoms with Crippen molar-refractivity contribution < 1.29 is 24.5 Å². The molecule has 0 bridgehead atoms. The normalized spacial score (nSPS) is 36.0. The van der Waals surface area contributed by atoms with Gasteiger partial charge in [0.25, 0.3) is 0 Å². The zero-order valence-corrected chi connectivity index (χ0v) is 22.7. The van der Waals surface area contributed by atoms with Crippen LogP contribution in [0.3, 0.4) is 0 Å². The molecule has 2 fully saturated rings. The smallest absolute Gasteiger partial charge is 0.309 e. The molecule has 7 atom stereocenters. The number of carbonyl (C=O) groups excluding carboxylic acids is 2. The van der Waals surface area contributed by atoms with Gasteiger partial charge in [0, 0.05) is 28.2 Å². The van der Waals surface area contributed by atoms with E-state index in [0.29, 0.717) is 10.5 Å². The van der Waals surface area contributed by atoms with Crippen molar-refractivity contribution in [3.05, 3.63) is 21.7 Å². The van der Waals surface area contributed by atoms with Crippen LogP contribution < -0.4 is 0 Å². The summed E-state index contributed by atoms with van der Waals surface area (Å²) in [5, 5.41) is 25.5. The van der Waals surface area contributed by atoms with Crippen LogP contribution in [0.2, 0.25) is 0 Å². The summed E-state index contributed by atoms with van der Waals surface area (Å²) in [6.45, 7) is 10.9. The molecule has 3 heterocycles. The molecule has 6 nitrogen and oxygen atoms in total. The molecule has 0 saturated carbocycles. The number of hydrogen-bond donors (Lipinski definition) is 2. The highest BCUT2D eigenvalue weighted by Crippen LogP contribution is 2.48. The molecule has 0 aliphatic carbocycles. The number of aliphatic hydroxyl groups is 2. The van der Waals surface area contributed by atoms with E-state index in [2.05, 4.69) is 4.98 Å². The summed E-state index contributed by atoms with van der Waals surface area (Å²) < 4.78 is 5.89. The minimum atomic E-state index is -1.19. The number of hydrogen-bond acceptors (Lipinski definition) is 8. The number of cyclic esters (lactones) is 1. The fraction of sp³-hybridized carbons (Fsp3) is 0.731. The molecule has 0 aromatic carbocycles. The summed E-state index contributed by atoms with van der Waals surface area (Å²) in [7, 11) is 0. The third kappa shape index (κ3) is 6.71. The van der Waals surface area contributed by atoms with Crippen LogP contribution in [0.4, 0.5) is 0 Å². The Bertz CT molecular complexity index is 911. The number of esters is 1. The first-order chi connectivity index (χ1) is 15.9. The van der Waals surface area contributed by atoms with E-state index < -0.39 is 35.6 Å². The third-order valence-electron chi connectivity index (χ3n) is 7.41. The van der Waals surface area contributed by atoms with Crippen molar-refractivity contribution >= 4 is 40.9 Å². The average Bonchev–Trinajstić information content (AvgIpc) is 3.38. The van der Waals surface area contributed by atoms with Gasteiger partial charge in [0.05, 0.1) is 34.7 Å². The van der Waals surface area contributed by atoms with Crippen LogP contribution in [0.5, 0.6) is 0 Å². The first kappa shape index (κ1) is 27.4. The molecule has 2 saturated heterocycles. The topological polar surface area (TPSA) is 96.7 Å². The molecule has 190 valence electrons. The number of thioether (sulfide) groups is 1. The van der Waals surface area contributed by atoms with Crippen LogP contribution in [-0.2, 0) is 14.3 Å². The number of ketones is 1. The van der Waals surface area contributed by atoms with Crippen molar-refractivity contribution in [3.8, 4) is 0 Å². The standard InChI is InChI=1S/C26H39NO5S2/c1-14-8-7-9-20-21(34-20)11-19(15(2)10-18-13-33-17(4)27-18)32-23(29)12-22(28)26(5,6)25(31)16(3)24(14)30/h10,13-14,16,19-22,24,28,30H,7-9,11-12H2,1-6H3/t14-,16+,19-,20+,21-,22-,24-/m0/s1. The Morgan fingerprint density at radius 2 is 1.91 bits per heavy atom. The number of Topliss-reactive ketones (excluding diaryl/α,β-unsaturated/α-hetero) is 1. The summed E-state index contributed by atoms with van der Waals surface area (Å²) in [6.07, 6.45) is 2.95. The largest absolute Gasteiger partial charge is 0.458 e. The second kappa shape index (κ2) is 11.2. The number of aliphatic hydroxyl groups excluding tert-OH is 2. The van der Waals surface area contributed by atoms with Crippen molar-refractivity contribution in [2.75, 3.05) is 0 Å². The molecule has 34 heavy (non-hydrogen) atoms. The van der Waals surface area contributed by atoms with Gasteiger partial charge in [-0.15, -0.1) is 11.3 Å². The van der Waals surface area contributed by atoms with Crippen LogP contribution in [0.15, 0.2) is 11.0 Å². The first-order valence-corrected chi connectivity index (χ1v) is 14.1. The maximum Gasteiger partial charge on any atom is 0.309 e. The molecule has 1 aromatic rings. The zero-order chi connectivity index (χ0) is 25.2. The first-order valence-electron chi connectivity index (χ1n) is 12.3. The number of aromatic nitrogens is 1. The molecule has 3 rings (SSSR count). The van der Waals surface area contributed by atoms with E-state index in [0.717, 1.165) is 42.0 Å². The summed E-state index contributed by atoms with van der Waals surface area (Å²) >= 11 is 3.49. The molecular weight excluding hydrogens is 470 g/mol. The van der Waals surface area contributed by atoms with Gasteiger partial charge in [-0.05, 0) is 44.3 Å². The fourth-order valence-corrected chi connectivity index (χ4v) is 6.55. The quantitative estimate of drug-likeness (QED) is 0.436. The van der Waals surface area contributed by atoms with Gasteiger partial charge in [0.2, 0.25) is 0 Å². The van der Waals surface area contributed by atoms with Gasteiger partial charge >= 0.3 is 5.97 Å². The molecule has 0 amide bonds. The summed E-state index contributed by atoms with van der Waals surface area (Å²) in [5.74, 6) is -1.38. The maximum absolute atomic E-state index is 13.2. The van der Waals surface area contributed by atoms with Gasteiger partial charge in [0.15, 0.2) is 0 Å². The Kier molecular flexibility index (Phi) is 9.04. The van der Waals surface area contributed by atoms with E-state index in [1.165, 1.54) is 0 Å². The molecule has 2 N–H and O–H groups in total. The van der Waals surface area contributed by atoms with E-state index >= 15 is 0 Å². The van der Waals surface area contributed by atoms with E-state index in [1.54, 1.807) is 32.1 Å². The molecular formula is C26H39NO5S2. The lowest BCUT2D eigenvalue weighted by Gasteiger charge is -2.34. The fourth-order valence-electron chi connectivity index (χ4n) is 4.78. The lowest BCUT2D eigenvalue weighted by molar-refractivity contribution is -0.154. The van der Waals surface area contributed by atoms with Gasteiger partial charge in [-0.2, -0.15) is 11.8 Å². The molecule has 2 aliphatic rings. The molecule has 8 heteroatoms. The van der Waals surface area contributed by atoms with Crippen molar-refractivity contribution in [2.24, 2.45) is 17.3 Å². The van der Waals surface area contributed by atoms with Crippen molar-refractivity contribution in [2.45, 2.75) is 102 Å². The number of rotatable bonds is 2. The minimum Gasteiger partial charge on any atom is -0.458 e. The highest BCUT2D eigenvalue weighted by atomic mass is 32.2. The van der Waals surface area contributed by atoms with E-state index in [4.69, 9.17) is 4.74 Å². The van der Waals surface area contributed by atoms with E-state index in [1.807, 2.05) is 44.0 Å². The number of carbonyl (C=O) groups is 2. The predicted octanol–water partition coefficient (Wildman–Crippen LogP) is 4.80. The molecule has 2 aliphatic heterocycles. The zero-order valence-electron chi connectivity index (χ0n) is 21.1.